The molecule has 3 fully saturated rings. The van der Waals surface area contributed by atoms with Crippen molar-refractivity contribution >= 4 is 29.1 Å². The van der Waals surface area contributed by atoms with Gasteiger partial charge in [-0.15, -0.1) is 0 Å². The highest BCUT2D eigenvalue weighted by molar-refractivity contribution is 7.80. The maximum absolute atomic E-state index is 13.2. The van der Waals surface area contributed by atoms with E-state index in [1.165, 1.54) is 0 Å². The van der Waals surface area contributed by atoms with Gasteiger partial charge in [-0.3, -0.25) is 9.59 Å². The smallest absolute Gasteiger partial charge is 0.243 e. The highest BCUT2D eigenvalue weighted by atomic mass is 32.1. The molecule has 5 nitrogen and oxygen atoms in total. The molecule has 0 radical (unpaired) electrons. The van der Waals surface area contributed by atoms with Gasteiger partial charge < -0.3 is 16.0 Å². The number of hydrogen-bond acceptors (Lipinski definition) is 3. The Labute approximate surface area is 186 Å². The summed E-state index contributed by atoms with van der Waals surface area (Å²) in [5.74, 6) is 1.94. The number of rotatable bonds is 1. The Bertz CT molecular complexity index is 788. The van der Waals surface area contributed by atoms with Crippen molar-refractivity contribution in [2.45, 2.75) is 84.7 Å². The lowest BCUT2D eigenvalue weighted by molar-refractivity contribution is -0.132. The molecule has 2 amide bonds. The first-order valence-corrected chi connectivity index (χ1v) is 12.0. The van der Waals surface area contributed by atoms with Crippen LogP contribution in [0.5, 0.6) is 0 Å². The second-order valence-electron chi connectivity index (χ2n) is 11.6. The van der Waals surface area contributed by atoms with Crippen LogP contribution in [0.25, 0.3) is 0 Å². The first kappa shape index (κ1) is 21.8. The fourth-order valence-corrected chi connectivity index (χ4v) is 7.74. The van der Waals surface area contributed by atoms with Gasteiger partial charge in [0.2, 0.25) is 11.8 Å². The van der Waals surface area contributed by atoms with Gasteiger partial charge in [0.25, 0.3) is 0 Å². The Morgan fingerprint density at radius 1 is 1.13 bits per heavy atom. The minimum Gasteiger partial charge on any atom is -0.358 e. The van der Waals surface area contributed by atoms with E-state index in [0.717, 1.165) is 38.5 Å². The van der Waals surface area contributed by atoms with Gasteiger partial charge in [-0.05, 0) is 101 Å². The lowest BCUT2D eigenvalue weighted by Crippen LogP contribution is -2.59. The van der Waals surface area contributed by atoms with E-state index in [4.69, 9.17) is 12.2 Å². The van der Waals surface area contributed by atoms with Crippen LogP contribution in [0.4, 0.5) is 0 Å². The Balaban J connectivity index is 1.50. The Morgan fingerprint density at radius 2 is 1.87 bits per heavy atom. The maximum atomic E-state index is 13.2. The molecule has 3 N–H and O–H groups in total. The largest absolute Gasteiger partial charge is 0.358 e. The van der Waals surface area contributed by atoms with Crippen LogP contribution >= 0.6 is 12.2 Å². The summed E-state index contributed by atoms with van der Waals surface area (Å²) in [7, 11) is 0. The molecule has 1 heterocycles. The van der Waals surface area contributed by atoms with Crippen LogP contribution in [0.15, 0.2) is 12.2 Å². The number of hydrogen-bond donors (Lipinski definition) is 3. The summed E-state index contributed by atoms with van der Waals surface area (Å²) in [6.07, 6.45) is 10.4. The van der Waals surface area contributed by atoms with Crippen LogP contribution in [0, 0.1) is 34.5 Å². The lowest BCUT2D eigenvalue weighted by atomic mass is 9.48. The molecule has 3 aliphatic carbocycles. The SMILES string of the molecule is CC(C)(C)NC(=S)NC(=O)[C@H]1CC[C@H]2[C@@H]3CC[C@H]4NC(=O)C=C[C@]4(C)[C@H]3CC[C@]12C. The van der Waals surface area contributed by atoms with Crippen molar-refractivity contribution in [3.8, 4) is 0 Å². The normalized spacial score (nSPS) is 42.4. The molecule has 166 valence electrons. The third kappa shape index (κ3) is 3.59. The standard InChI is InChI=1S/C24H37N3O2S/c1-22(2,3)27-21(30)26-20(29)17-8-7-15-14-6-9-18-24(5,13-11-19(28)25-18)16(14)10-12-23(15,17)4/h11,13-18H,6-10,12H2,1-5H3,(H,25,28)(H2,26,27,29,30)/t14-,15-,16-,17+,18+,23-,24+/m0/s1. The van der Waals surface area contributed by atoms with Crippen molar-refractivity contribution in [1.82, 2.24) is 16.0 Å². The van der Waals surface area contributed by atoms with Crippen molar-refractivity contribution in [2.75, 3.05) is 0 Å². The summed E-state index contributed by atoms with van der Waals surface area (Å²) in [5, 5.41) is 9.84. The molecule has 0 bridgehead atoms. The van der Waals surface area contributed by atoms with E-state index < -0.39 is 0 Å². The third-order valence-corrected chi connectivity index (χ3v) is 8.93. The first-order chi connectivity index (χ1) is 13.9. The van der Waals surface area contributed by atoms with Gasteiger partial charge in [-0.25, -0.2) is 0 Å². The summed E-state index contributed by atoms with van der Waals surface area (Å²) in [4.78, 5) is 25.1. The molecule has 0 saturated heterocycles. The number of fused-ring (bicyclic) bond motifs is 5. The van der Waals surface area contributed by atoms with Crippen molar-refractivity contribution in [3.05, 3.63) is 12.2 Å². The fourth-order valence-electron chi connectivity index (χ4n) is 7.33. The van der Waals surface area contributed by atoms with E-state index in [0.29, 0.717) is 22.9 Å². The van der Waals surface area contributed by atoms with Gasteiger partial charge in [0.1, 0.15) is 0 Å². The molecule has 4 rings (SSSR count). The predicted molar refractivity (Wildman–Crippen MR) is 123 cm³/mol. The van der Waals surface area contributed by atoms with Gasteiger partial charge in [-0.2, -0.15) is 0 Å². The van der Waals surface area contributed by atoms with Crippen LogP contribution in [0.2, 0.25) is 0 Å². The van der Waals surface area contributed by atoms with Crippen LogP contribution < -0.4 is 16.0 Å². The zero-order valence-electron chi connectivity index (χ0n) is 19.0. The van der Waals surface area contributed by atoms with Gasteiger partial charge in [0.05, 0.1) is 0 Å². The molecule has 3 saturated carbocycles. The van der Waals surface area contributed by atoms with E-state index in [9.17, 15) is 9.59 Å². The third-order valence-electron chi connectivity index (χ3n) is 8.73. The van der Waals surface area contributed by atoms with Crippen molar-refractivity contribution in [1.29, 1.82) is 0 Å². The summed E-state index contributed by atoms with van der Waals surface area (Å²) in [6, 6.07) is 0.252. The summed E-state index contributed by atoms with van der Waals surface area (Å²) in [5.41, 5.74) is -0.0916. The van der Waals surface area contributed by atoms with Gasteiger partial charge in [0.15, 0.2) is 5.11 Å². The number of thiocarbonyl (C=S) groups is 1. The average Bonchev–Trinajstić information content (AvgIpc) is 2.98. The second kappa shape index (κ2) is 7.32. The van der Waals surface area contributed by atoms with Gasteiger partial charge in [-0.1, -0.05) is 19.9 Å². The van der Waals surface area contributed by atoms with E-state index in [-0.39, 0.29) is 40.1 Å². The zero-order chi connectivity index (χ0) is 21.9. The van der Waals surface area contributed by atoms with Crippen LogP contribution in [0.3, 0.4) is 0 Å². The highest BCUT2D eigenvalue weighted by Gasteiger charge is 2.60. The Hall–Kier alpha value is -1.43. The van der Waals surface area contributed by atoms with Crippen LogP contribution in [-0.2, 0) is 9.59 Å². The molecule has 30 heavy (non-hydrogen) atoms. The highest BCUT2D eigenvalue weighted by Crippen LogP contribution is 2.64. The molecule has 7 atom stereocenters. The minimum absolute atomic E-state index is 0.0234. The molecule has 0 spiro atoms. The van der Waals surface area contributed by atoms with Crippen molar-refractivity contribution in [3.63, 3.8) is 0 Å². The van der Waals surface area contributed by atoms with Crippen molar-refractivity contribution in [2.24, 2.45) is 34.5 Å². The molecular weight excluding hydrogens is 394 g/mol. The Kier molecular flexibility index (Phi) is 5.32. The van der Waals surface area contributed by atoms with E-state index >= 15 is 0 Å². The monoisotopic (exact) mass is 431 g/mol. The predicted octanol–water partition coefficient (Wildman–Crippen LogP) is 3.69. The molecular formula is C24H37N3O2S. The molecule has 0 aromatic carbocycles. The number of carbonyl (C=O) groups excluding carboxylic acids is 2. The fraction of sp³-hybridized carbons (Fsp3) is 0.792. The van der Waals surface area contributed by atoms with E-state index in [2.05, 4.69) is 35.9 Å². The molecule has 6 heteroatoms. The molecule has 0 aromatic rings. The summed E-state index contributed by atoms with van der Waals surface area (Å²) < 4.78 is 0. The molecule has 0 unspecified atom stereocenters. The van der Waals surface area contributed by atoms with Crippen molar-refractivity contribution < 1.29 is 9.59 Å². The van der Waals surface area contributed by atoms with Crippen LogP contribution in [0.1, 0.15) is 73.1 Å². The lowest BCUT2D eigenvalue weighted by Gasteiger charge is -2.58. The summed E-state index contributed by atoms with van der Waals surface area (Å²) >= 11 is 5.39. The quantitative estimate of drug-likeness (QED) is 0.554. The molecule has 4 aliphatic rings. The maximum Gasteiger partial charge on any atom is 0.243 e. The topological polar surface area (TPSA) is 70.2 Å². The Morgan fingerprint density at radius 3 is 2.57 bits per heavy atom. The number of nitrogens with one attached hydrogen (secondary N) is 3. The second-order valence-corrected chi connectivity index (χ2v) is 12.0. The average molecular weight is 432 g/mol. The molecule has 1 aliphatic heterocycles. The van der Waals surface area contributed by atoms with Gasteiger partial charge >= 0.3 is 0 Å². The van der Waals surface area contributed by atoms with E-state index in [1.54, 1.807) is 6.08 Å². The minimum atomic E-state index is -0.165. The zero-order valence-corrected chi connectivity index (χ0v) is 19.8. The van der Waals surface area contributed by atoms with Gasteiger partial charge in [0, 0.05) is 22.9 Å². The van der Waals surface area contributed by atoms with E-state index in [1.807, 2.05) is 20.8 Å². The van der Waals surface area contributed by atoms with Crippen LogP contribution in [-0.4, -0.2) is 28.5 Å². The first-order valence-electron chi connectivity index (χ1n) is 11.6. The number of carbonyl (C=O) groups is 2. The molecule has 0 aromatic heterocycles. The number of amides is 2. The summed E-state index contributed by atoms with van der Waals surface area (Å²) in [6.45, 7) is 10.8.